The van der Waals surface area contributed by atoms with Gasteiger partial charge in [0.25, 0.3) is 5.91 Å². The number of carbonyl (C=O) groups is 1. The van der Waals surface area contributed by atoms with Crippen LogP contribution in [0.3, 0.4) is 0 Å². The molecule has 3 heterocycles. The number of ether oxygens (including phenoxy) is 1. The van der Waals surface area contributed by atoms with E-state index in [4.69, 9.17) is 9.26 Å². The van der Waals surface area contributed by atoms with Crippen molar-refractivity contribution in [1.29, 1.82) is 0 Å². The van der Waals surface area contributed by atoms with Crippen LogP contribution >= 0.6 is 0 Å². The lowest BCUT2D eigenvalue weighted by molar-refractivity contribution is 0.0704. The Balaban J connectivity index is 1.39. The predicted octanol–water partition coefficient (Wildman–Crippen LogP) is 2.10. The van der Waals surface area contributed by atoms with Crippen molar-refractivity contribution in [2.75, 3.05) is 38.2 Å². The average molecular weight is 365 g/mol. The number of amides is 1. The van der Waals surface area contributed by atoms with Crippen LogP contribution in [0.1, 0.15) is 10.6 Å². The minimum atomic E-state index is -0.131. The van der Waals surface area contributed by atoms with Crippen molar-refractivity contribution in [3.8, 4) is 17.0 Å². The lowest BCUT2D eigenvalue weighted by Gasteiger charge is -2.34. The lowest BCUT2D eigenvalue weighted by atomic mass is 10.1. The van der Waals surface area contributed by atoms with Crippen LogP contribution in [0.5, 0.6) is 5.75 Å². The summed E-state index contributed by atoms with van der Waals surface area (Å²) >= 11 is 0. The zero-order valence-electron chi connectivity index (χ0n) is 14.9. The van der Waals surface area contributed by atoms with E-state index in [0.717, 1.165) is 22.8 Å². The van der Waals surface area contributed by atoms with Crippen molar-refractivity contribution in [2.45, 2.75) is 0 Å². The molecule has 27 heavy (non-hydrogen) atoms. The van der Waals surface area contributed by atoms with Crippen molar-refractivity contribution in [3.63, 3.8) is 0 Å². The van der Waals surface area contributed by atoms with E-state index in [-0.39, 0.29) is 11.7 Å². The highest BCUT2D eigenvalue weighted by molar-refractivity contribution is 5.91. The van der Waals surface area contributed by atoms with Gasteiger partial charge in [-0.2, -0.15) is 0 Å². The Kier molecular flexibility index (Phi) is 4.69. The fourth-order valence-corrected chi connectivity index (χ4v) is 3.03. The van der Waals surface area contributed by atoms with Crippen molar-refractivity contribution in [2.24, 2.45) is 0 Å². The maximum absolute atomic E-state index is 12.3. The average Bonchev–Trinajstić information content (AvgIpc) is 3.28. The molecule has 0 aliphatic carbocycles. The van der Waals surface area contributed by atoms with Crippen molar-refractivity contribution in [1.82, 2.24) is 20.3 Å². The number of methoxy groups -OCH3 is 1. The second kappa shape index (κ2) is 7.45. The first-order valence-corrected chi connectivity index (χ1v) is 8.67. The van der Waals surface area contributed by atoms with E-state index < -0.39 is 0 Å². The second-order valence-corrected chi connectivity index (χ2v) is 6.16. The molecule has 1 aliphatic heterocycles. The van der Waals surface area contributed by atoms with Gasteiger partial charge in [-0.05, 0) is 36.4 Å². The SMILES string of the molecule is COc1ccc(-c2ccc(N3CCN(C(=O)c4ccno4)CC3)nn2)cc1. The summed E-state index contributed by atoms with van der Waals surface area (Å²) in [4.78, 5) is 16.2. The third-order valence-corrected chi connectivity index (χ3v) is 4.58. The molecule has 1 saturated heterocycles. The molecule has 1 fully saturated rings. The summed E-state index contributed by atoms with van der Waals surface area (Å²) < 4.78 is 10.1. The van der Waals surface area contributed by atoms with Gasteiger partial charge in [0.15, 0.2) is 5.82 Å². The summed E-state index contributed by atoms with van der Waals surface area (Å²) in [5.74, 6) is 1.75. The van der Waals surface area contributed by atoms with Crippen molar-refractivity contribution in [3.05, 3.63) is 54.4 Å². The van der Waals surface area contributed by atoms with Gasteiger partial charge in [0.1, 0.15) is 5.75 Å². The number of anilines is 1. The van der Waals surface area contributed by atoms with E-state index in [9.17, 15) is 4.79 Å². The molecular formula is C19H19N5O3. The molecule has 8 nitrogen and oxygen atoms in total. The molecule has 0 atom stereocenters. The fourth-order valence-electron chi connectivity index (χ4n) is 3.03. The molecule has 0 bridgehead atoms. The topological polar surface area (TPSA) is 84.6 Å². The first-order chi connectivity index (χ1) is 13.2. The van der Waals surface area contributed by atoms with Gasteiger partial charge in [0, 0.05) is 37.8 Å². The lowest BCUT2D eigenvalue weighted by Crippen LogP contribution is -2.49. The highest BCUT2D eigenvalue weighted by Crippen LogP contribution is 2.22. The zero-order chi connectivity index (χ0) is 18.6. The largest absolute Gasteiger partial charge is 0.497 e. The minimum Gasteiger partial charge on any atom is -0.497 e. The number of benzene rings is 1. The smallest absolute Gasteiger partial charge is 0.292 e. The van der Waals surface area contributed by atoms with Crippen LogP contribution in [0.2, 0.25) is 0 Å². The standard InChI is InChI=1S/C19H19N5O3/c1-26-15-4-2-14(3-5-15)16-6-7-18(22-21-16)23-10-12-24(13-11-23)19(25)17-8-9-20-27-17/h2-9H,10-13H2,1H3. The molecule has 0 unspecified atom stereocenters. The van der Waals surface area contributed by atoms with Gasteiger partial charge in [-0.3, -0.25) is 4.79 Å². The number of piperazine rings is 1. The van der Waals surface area contributed by atoms with E-state index in [1.807, 2.05) is 36.4 Å². The molecule has 0 radical (unpaired) electrons. The Hall–Kier alpha value is -3.42. The van der Waals surface area contributed by atoms with Crippen LogP contribution in [-0.4, -0.2) is 59.4 Å². The van der Waals surface area contributed by atoms with Crippen LogP contribution in [-0.2, 0) is 0 Å². The Morgan fingerprint density at radius 1 is 1.00 bits per heavy atom. The van der Waals surface area contributed by atoms with Crippen LogP contribution in [0.25, 0.3) is 11.3 Å². The summed E-state index contributed by atoms with van der Waals surface area (Å²) in [7, 11) is 1.64. The molecule has 138 valence electrons. The number of carbonyl (C=O) groups excluding carboxylic acids is 1. The van der Waals surface area contributed by atoms with Gasteiger partial charge in [0.2, 0.25) is 5.76 Å². The molecule has 0 saturated carbocycles. The maximum Gasteiger partial charge on any atom is 0.292 e. The normalized spacial score (nSPS) is 14.3. The van der Waals surface area contributed by atoms with Gasteiger partial charge in [-0.15, -0.1) is 10.2 Å². The second-order valence-electron chi connectivity index (χ2n) is 6.16. The van der Waals surface area contributed by atoms with Crippen molar-refractivity contribution >= 4 is 11.7 Å². The summed E-state index contributed by atoms with van der Waals surface area (Å²) in [6.45, 7) is 2.58. The quantitative estimate of drug-likeness (QED) is 0.700. The van der Waals surface area contributed by atoms with Crippen LogP contribution < -0.4 is 9.64 Å². The molecule has 1 aliphatic rings. The maximum atomic E-state index is 12.3. The number of hydrogen-bond acceptors (Lipinski definition) is 7. The van der Waals surface area contributed by atoms with Gasteiger partial charge in [-0.25, -0.2) is 0 Å². The van der Waals surface area contributed by atoms with E-state index in [2.05, 4.69) is 20.3 Å². The number of hydrogen-bond donors (Lipinski definition) is 0. The van der Waals surface area contributed by atoms with Gasteiger partial charge >= 0.3 is 0 Å². The molecule has 3 aromatic rings. The molecular weight excluding hydrogens is 346 g/mol. The summed E-state index contributed by atoms with van der Waals surface area (Å²) in [5, 5.41) is 12.3. The van der Waals surface area contributed by atoms with Crippen LogP contribution in [0.15, 0.2) is 53.2 Å². The monoisotopic (exact) mass is 365 g/mol. The highest BCUT2D eigenvalue weighted by atomic mass is 16.5. The van der Waals surface area contributed by atoms with Gasteiger partial charge in [0.05, 0.1) is 19.0 Å². The van der Waals surface area contributed by atoms with Crippen LogP contribution in [0.4, 0.5) is 5.82 Å². The number of aromatic nitrogens is 3. The Morgan fingerprint density at radius 3 is 2.37 bits per heavy atom. The first-order valence-electron chi connectivity index (χ1n) is 8.67. The highest BCUT2D eigenvalue weighted by Gasteiger charge is 2.24. The third kappa shape index (κ3) is 3.59. The van der Waals surface area contributed by atoms with E-state index in [0.29, 0.717) is 26.2 Å². The molecule has 2 aromatic heterocycles. The van der Waals surface area contributed by atoms with Gasteiger partial charge in [-0.1, -0.05) is 5.16 Å². The Labute approximate surface area is 156 Å². The van der Waals surface area contributed by atoms with E-state index >= 15 is 0 Å². The van der Waals surface area contributed by atoms with E-state index in [1.165, 1.54) is 6.20 Å². The molecule has 1 aromatic carbocycles. The summed E-state index contributed by atoms with van der Waals surface area (Å²) in [6, 6.07) is 13.2. The molecule has 8 heteroatoms. The number of nitrogens with zero attached hydrogens (tertiary/aromatic N) is 5. The summed E-state index contributed by atoms with van der Waals surface area (Å²) in [5.41, 5.74) is 1.79. The molecule has 0 spiro atoms. The number of rotatable bonds is 4. The predicted molar refractivity (Wildman–Crippen MR) is 98.6 cm³/mol. The first kappa shape index (κ1) is 17.0. The molecule has 0 N–H and O–H groups in total. The fraction of sp³-hybridized carbons (Fsp3) is 0.263. The van der Waals surface area contributed by atoms with E-state index in [1.54, 1.807) is 18.1 Å². The summed E-state index contributed by atoms with van der Waals surface area (Å²) in [6.07, 6.45) is 1.48. The minimum absolute atomic E-state index is 0.131. The Bertz CT molecular complexity index is 886. The zero-order valence-corrected chi connectivity index (χ0v) is 14.9. The molecule has 1 amide bonds. The third-order valence-electron chi connectivity index (χ3n) is 4.58. The Morgan fingerprint density at radius 2 is 1.78 bits per heavy atom. The van der Waals surface area contributed by atoms with Crippen LogP contribution in [0, 0.1) is 0 Å². The van der Waals surface area contributed by atoms with Gasteiger partial charge < -0.3 is 19.1 Å². The van der Waals surface area contributed by atoms with Crippen molar-refractivity contribution < 1.29 is 14.1 Å². The molecule has 4 rings (SSSR count).